The molecule has 0 atom stereocenters. The molecule has 1 N–H and O–H groups in total. The van der Waals surface area contributed by atoms with Crippen molar-refractivity contribution in [3.63, 3.8) is 0 Å². The van der Waals surface area contributed by atoms with Gasteiger partial charge in [-0.15, -0.1) is 5.10 Å². The van der Waals surface area contributed by atoms with E-state index in [0.29, 0.717) is 11.3 Å². The van der Waals surface area contributed by atoms with Crippen LogP contribution in [-0.2, 0) is 6.42 Å². The number of carboxylic acids is 1. The van der Waals surface area contributed by atoms with Crippen molar-refractivity contribution in [3.05, 3.63) is 23.1 Å². The molecule has 2 aromatic rings. The van der Waals surface area contributed by atoms with Crippen LogP contribution in [-0.4, -0.2) is 30.9 Å². The van der Waals surface area contributed by atoms with Gasteiger partial charge in [0.2, 0.25) is 0 Å². The van der Waals surface area contributed by atoms with Gasteiger partial charge in [0.05, 0.1) is 11.3 Å². The van der Waals surface area contributed by atoms with Gasteiger partial charge in [-0.1, -0.05) is 26.0 Å². The monoisotopic (exact) mass is 234 g/mol. The van der Waals surface area contributed by atoms with Crippen molar-refractivity contribution in [2.45, 2.75) is 33.1 Å². The molecule has 0 fully saturated rings. The quantitative estimate of drug-likeness (QED) is 0.870. The van der Waals surface area contributed by atoms with Gasteiger partial charge in [-0.3, -0.25) is 0 Å². The van der Waals surface area contributed by atoms with Gasteiger partial charge < -0.3 is 5.11 Å². The molecule has 2 heterocycles. The lowest BCUT2D eigenvalue weighted by Crippen LogP contribution is -2.12. The molecule has 0 amide bonds. The van der Waals surface area contributed by atoms with Crippen molar-refractivity contribution in [1.29, 1.82) is 0 Å². The first-order valence-electron chi connectivity index (χ1n) is 5.52. The average Bonchev–Trinajstić information content (AvgIpc) is 2.69. The van der Waals surface area contributed by atoms with Crippen molar-refractivity contribution in [2.75, 3.05) is 0 Å². The fraction of sp³-hybridized carbons (Fsp3) is 0.455. The number of carbonyl (C=O) groups is 1. The number of hydrogen-bond donors (Lipinski definition) is 1. The standard InChI is InChI=1S/C11H14N4O2/c1-4-8-10-12-5-7(11(16)17)9(6(2)3)15(10)14-13-8/h5-6H,4H2,1-3H3,(H,16,17). The Bertz CT molecular complexity index is 574. The average molecular weight is 234 g/mol. The summed E-state index contributed by atoms with van der Waals surface area (Å²) < 4.78 is 1.53. The molecule has 0 unspecified atom stereocenters. The normalized spacial score (nSPS) is 11.3. The summed E-state index contributed by atoms with van der Waals surface area (Å²) in [6.07, 6.45) is 2.11. The van der Waals surface area contributed by atoms with Crippen LogP contribution in [0.5, 0.6) is 0 Å². The summed E-state index contributed by atoms with van der Waals surface area (Å²) >= 11 is 0. The zero-order valence-corrected chi connectivity index (χ0v) is 10.0. The maximum Gasteiger partial charge on any atom is 0.339 e. The van der Waals surface area contributed by atoms with E-state index in [0.717, 1.165) is 12.1 Å². The minimum Gasteiger partial charge on any atom is -0.478 e. The van der Waals surface area contributed by atoms with E-state index in [-0.39, 0.29) is 11.5 Å². The summed E-state index contributed by atoms with van der Waals surface area (Å²) in [5.41, 5.74) is 2.24. The van der Waals surface area contributed by atoms with Crippen LogP contribution in [0.1, 0.15) is 48.4 Å². The van der Waals surface area contributed by atoms with E-state index in [1.54, 1.807) is 0 Å². The summed E-state index contributed by atoms with van der Waals surface area (Å²) in [5, 5.41) is 17.1. The molecular formula is C11H14N4O2. The maximum atomic E-state index is 11.1. The number of carboxylic acid groups (broad SMARTS) is 1. The molecule has 17 heavy (non-hydrogen) atoms. The lowest BCUT2D eigenvalue weighted by Gasteiger charge is -2.10. The van der Waals surface area contributed by atoms with Crippen LogP contribution in [0.3, 0.4) is 0 Å². The Hall–Kier alpha value is -1.98. The van der Waals surface area contributed by atoms with Gasteiger partial charge in [-0.25, -0.2) is 9.78 Å². The van der Waals surface area contributed by atoms with Crippen LogP contribution in [0.2, 0.25) is 0 Å². The number of hydrogen-bond acceptors (Lipinski definition) is 4. The van der Waals surface area contributed by atoms with Crippen LogP contribution < -0.4 is 0 Å². The van der Waals surface area contributed by atoms with Crippen molar-refractivity contribution in [2.24, 2.45) is 0 Å². The molecule has 6 nitrogen and oxygen atoms in total. The lowest BCUT2D eigenvalue weighted by atomic mass is 10.1. The van der Waals surface area contributed by atoms with E-state index in [9.17, 15) is 4.79 Å². The zero-order valence-electron chi connectivity index (χ0n) is 10.0. The van der Waals surface area contributed by atoms with Crippen LogP contribution >= 0.6 is 0 Å². The zero-order chi connectivity index (χ0) is 12.6. The molecule has 0 bridgehead atoms. The van der Waals surface area contributed by atoms with E-state index in [1.807, 2.05) is 20.8 Å². The Morgan fingerprint density at radius 1 is 1.53 bits per heavy atom. The maximum absolute atomic E-state index is 11.1. The first-order valence-corrected chi connectivity index (χ1v) is 5.52. The van der Waals surface area contributed by atoms with Gasteiger partial charge in [0.25, 0.3) is 0 Å². The molecule has 0 spiro atoms. The topological polar surface area (TPSA) is 80.4 Å². The van der Waals surface area contributed by atoms with Gasteiger partial charge in [-0.2, -0.15) is 4.52 Å². The predicted octanol–water partition coefficient (Wildman–Crippen LogP) is 1.51. The van der Waals surface area contributed by atoms with Gasteiger partial charge >= 0.3 is 5.97 Å². The van der Waals surface area contributed by atoms with Crippen LogP contribution in [0.25, 0.3) is 5.65 Å². The third-order valence-corrected chi connectivity index (χ3v) is 2.65. The fourth-order valence-corrected chi connectivity index (χ4v) is 1.85. The summed E-state index contributed by atoms with van der Waals surface area (Å²) in [7, 11) is 0. The van der Waals surface area contributed by atoms with E-state index in [1.165, 1.54) is 10.7 Å². The molecular weight excluding hydrogens is 220 g/mol. The Balaban J connectivity index is 2.80. The van der Waals surface area contributed by atoms with Gasteiger partial charge in [0.15, 0.2) is 5.65 Å². The molecule has 2 rings (SSSR count). The highest BCUT2D eigenvalue weighted by atomic mass is 16.4. The van der Waals surface area contributed by atoms with Crippen molar-refractivity contribution < 1.29 is 9.90 Å². The molecule has 90 valence electrons. The molecule has 0 saturated carbocycles. The highest BCUT2D eigenvalue weighted by Gasteiger charge is 2.20. The largest absolute Gasteiger partial charge is 0.478 e. The minimum atomic E-state index is -0.989. The van der Waals surface area contributed by atoms with Gasteiger partial charge in [-0.05, 0) is 12.3 Å². The summed E-state index contributed by atoms with van der Waals surface area (Å²) in [5.74, 6) is -0.949. The predicted molar refractivity (Wildman–Crippen MR) is 61.2 cm³/mol. The lowest BCUT2D eigenvalue weighted by molar-refractivity contribution is 0.0693. The Morgan fingerprint density at radius 3 is 2.76 bits per heavy atom. The minimum absolute atomic E-state index is 0.0398. The highest BCUT2D eigenvalue weighted by molar-refractivity contribution is 5.89. The van der Waals surface area contributed by atoms with Crippen molar-refractivity contribution in [1.82, 2.24) is 19.8 Å². The number of aryl methyl sites for hydroxylation is 1. The van der Waals surface area contributed by atoms with E-state index >= 15 is 0 Å². The van der Waals surface area contributed by atoms with Gasteiger partial charge in [0, 0.05) is 6.20 Å². The van der Waals surface area contributed by atoms with Gasteiger partial charge in [0.1, 0.15) is 5.69 Å². The molecule has 0 saturated heterocycles. The highest BCUT2D eigenvalue weighted by Crippen LogP contribution is 2.20. The van der Waals surface area contributed by atoms with E-state index in [4.69, 9.17) is 5.11 Å². The van der Waals surface area contributed by atoms with Crippen molar-refractivity contribution in [3.8, 4) is 0 Å². The van der Waals surface area contributed by atoms with Crippen LogP contribution in [0.4, 0.5) is 0 Å². The van der Waals surface area contributed by atoms with Crippen LogP contribution in [0, 0.1) is 0 Å². The fourth-order valence-electron chi connectivity index (χ4n) is 1.85. The molecule has 0 radical (unpaired) electrons. The van der Waals surface area contributed by atoms with Crippen molar-refractivity contribution >= 4 is 11.6 Å². The summed E-state index contributed by atoms with van der Waals surface area (Å²) in [6, 6.07) is 0. The third kappa shape index (κ3) is 1.75. The Morgan fingerprint density at radius 2 is 2.24 bits per heavy atom. The molecule has 0 aromatic carbocycles. The number of rotatable bonds is 3. The smallest absolute Gasteiger partial charge is 0.339 e. The second-order valence-corrected chi connectivity index (χ2v) is 4.14. The number of aromatic nitrogens is 4. The van der Waals surface area contributed by atoms with Crippen LogP contribution in [0.15, 0.2) is 6.20 Å². The number of fused-ring (bicyclic) bond motifs is 1. The molecule has 6 heteroatoms. The third-order valence-electron chi connectivity index (χ3n) is 2.65. The second kappa shape index (κ2) is 4.12. The first-order chi connectivity index (χ1) is 8.06. The second-order valence-electron chi connectivity index (χ2n) is 4.14. The summed E-state index contributed by atoms with van der Waals surface area (Å²) in [6.45, 7) is 5.81. The summed E-state index contributed by atoms with van der Waals surface area (Å²) in [4.78, 5) is 15.3. The molecule has 0 aliphatic heterocycles. The Kier molecular flexibility index (Phi) is 2.79. The van der Waals surface area contributed by atoms with E-state index in [2.05, 4.69) is 15.3 Å². The molecule has 2 aromatic heterocycles. The SMILES string of the molecule is CCc1nnn2c(C(C)C)c(C(=O)O)cnc12. The molecule has 0 aliphatic rings. The Labute approximate surface area is 98.3 Å². The first kappa shape index (κ1) is 11.5. The number of nitrogens with zero attached hydrogens (tertiary/aromatic N) is 4. The van der Waals surface area contributed by atoms with E-state index < -0.39 is 5.97 Å². The number of aromatic carboxylic acids is 1. The molecule has 0 aliphatic carbocycles.